The summed E-state index contributed by atoms with van der Waals surface area (Å²) in [6.45, 7) is 7.37. The molecular formula is C12H23NO2S. The highest BCUT2D eigenvalue weighted by molar-refractivity contribution is 7.80. The lowest BCUT2D eigenvalue weighted by Gasteiger charge is -2.34. The Labute approximate surface area is 104 Å². The van der Waals surface area contributed by atoms with Gasteiger partial charge in [0.1, 0.15) is 5.60 Å². The molecule has 0 aromatic rings. The predicted molar refractivity (Wildman–Crippen MR) is 69.0 cm³/mol. The molecule has 1 aliphatic heterocycles. The zero-order chi connectivity index (χ0) is 12.2. The van der Waals surface area contributed by atoms with Gasteiger partial charge >= 0.3 is 6.09 Å². The standard InChI is InChI=1S/C12H23NO2S/c1-12(2,3)15-11(14)13-7-4-5-10(9-13)6-8-16/h10,16H,4-9H2,1-3H3/t10-/m0/s1. The van der Waals surface area contributed by atoms with Gasteiger partial charge < -0.3 is 9.64 Å². The average molecular weight is 245 g/mol. The summed E-state index contributed by atoms with van der Waals surface area (Å²) in [5, 5.41) is 0. The molecule has 16 heavy (non-hydrogen) atoms. The fraction of sp³-hybridized carbons (Fsp3) is 0.917. The summed E-state index contributed by atoms with van der Waals surface area (Å²) in [6, 6.07) is 0. The maximum absolute atomic E-state index is 11.8. The second-order valence-electron chi connectivity index (χ2n) is 5.45. The summed E-state index contributed by atoms with van der Waals surface area (Å²) in [4.78, 5) is 13.7. The van der Waals surface area contributed by atoms with E-state index in [9.17, 15) is 4.79 Å². The summed E-state index contributed by atoms with van der Waals surface area (Å²) in [6.07, 6.45) is 3.20. The van der Waals surface area contributed by atoms with Crippen LogP contribution < -0.4 is 0 Å². The molecule has 0 N–H and O–H groups in total. The third-order valence-electron chi connectivity index (χ3n) is 2.71. The van der Waals surface area contributed by atoms with E-state index in [-0.39, 0.29) is 6.09 Å². The molecule has 0 aliphatic carbocycles. The van der Waals surface area contributed by atoms with Gasteiger partial charge in [0.05, 0.1) is 0 Å². The zero-order valence-corrected chi connectivity index (χ0v) is 11.4. The van der Waals surface area contributed by atoms with E-state index in [1.807, 2.05) is 25.7 Å². The second kappa shape index (κ2) is 5.80. The molecule has 1 atom stereocenters. The van der Waals surface area contributed by atoms with E-state index < -0.39 is 5.60 Å². The summed E-state index contributed by atoms with van der Waals surface area (Å²) >= 11 is 4.25. The van der Waals surface area contributed by atoms with Crippen molar-refractivity contribution in [3.8, 4) is 0 Å². The second-order valence-corrected chi connectivity index (χ2v) is 5.89. The number of ether oxygens (including phenoxy) is 1. The lowest BCUT2D eigenvalue weighted by atomic mass is 9.96. The third-order valence-corrected chi connectivity index (χ3v) is 2.97. The van der Waals surface area contributed by atoms with Crippen LogP contribution in [0.25, 0.3) is 0 Å². The monoisotopic (exact) mass is 245 g/mol. The van der Waals surface area contributed by atoms with Gasteiger partial charge in [-0.15, -0.1) is 0 Å². The van der Waals surface area contributed by atoms with Crippen molar-refractivity contribution in [3.63, 3.8) is 0 Å². The molecule has 94 valence electrons. The Morgan fingerprint density at radius 1 is 1.50 bits per heavy atom. The molecule has 1 heterocycles. The fourth-order valence-corrected chi connectivity index (χ4v) is 2.34. The molecule has 0 aromatic carbocycles. The Morgan fingerprint density at radius 3 is 2.75 bits per heavy atom. The number of amides is 1. The quantitative estimate of drug-likeness (QED) is 0.758. The van der Waals surface area contributed by atoms with Crippen LogP contribution in [0, 0.1) is 5.92 Å². The van der Waals surface area contributed by atoms with Gasteiger partial charge in [-0.2, -0.15) is 12.6 Å². The molecule has 1 amide bonds. The van der Waals surface area contributed by atoms with Gasteiger partial charge in [-0.05, 0) is 51.7 Å². The van der Waals surface area contributed by atoms with Crippen molar-refractivity contribution in [3.05, 3.63) is 0 Å². The van der Waals surface area contributed by atoms with E-state index in [2.05, 4.69) is 12.6 Å². The highest BCUT2D eigenvalue weighted by atomic mass is 32.1. The number of hydrogen-bond acceptors (Lipinski definition) is 3. The molecule has 0 spiro atoms. The van der Waals surface area contributed by atoms with Crippen LogP contribution in [0.15, 0.2) is 0 Å². The van der Waals surface area contributed by atoms with Crippen LogP contribution in [0.1, 0.15) is 40.0 Å². The number of piperidine rings is 1. The van der Waals surface area contributed by atoms with Crippen LogP contribution >= 0.6 is 12.6 Å². The van der Waals surface area contributed by atoms with Gasteiger partial charge in [0.25, 0.3) is 0 Å². The summed E-state index contributed by atoms with van der Waals surface area (Å²) in [5.41, 5.74) is -0.395. The first-order valence-corrected chi connectivity index (χ1v) is 6.64. The number of rotatable bonds is 2. The van der Waals surface area contributed by atoms with Crippen LogP contribution in [0.4, 0.5) is 4.79 Å². The maximum atomic E-state index is 11.8. The van der Waals surface area contributed by atoms with Crippen molar-refractivity contribution in [2.24, 2.45) is 5.92 Å². The first-order chi connectivity index (χ1) is 7.42. The van der Waals surface area contributed by atoms with Gasteiger partial charge in [-0.1, -0.05) is 0 Å². The normalized spacial score (nSPS) is 22.0. The Bertz CT molecular complexity index is 236. The van der Waals surface area contributed by atoms with E-state index in [4.69, 9.17) is 4.74 Å². The van der Waals surface area contributed by atoms with Crippen LogP contribution in [-0.2, 0) is 4.74 Å². The molecule has 0 saturated carbocycles. The van der Waals surface area contributed by atoms with Crippen molar-refractivity contribution >= 4 is 18.7 Å². The highest BCUT2D eigenvalue weighted by Crippen LogP contribution is 2.21. The highest BCUT2D eigenvalue weighted by Gasteiger charge is 2.26. The molecule has 0 bridgehead atoms. The van der Waals surface area contributed by atoms with Crippen LogP contribution in [0.2, 0.25) is 0 Å². The topological polar surface area (TPSA) is 29.5 Å². The van der Waals surface area contributed by atoms with Gasteiger partial charge in [-0.25, -0.2) is 4.79 Å². The first kappa shape index (κ1) is 13.7. The van der Waals surface area contributed by atoms with Crippen LogP contribution in [0.3, 0.4) is 0 Å². The van der Waals surface area contributed by atoms with Crippen molar-refractivity contribution < 1.29 is 9.53 Å². The summed E-state index contributed by atoms with van der Waals surface area (Å²) < 4.78 is 5.37. The average Bonchev–Trinajstić information content (AvgIpc) is 2.16. The number of hydrogen-bond donors (Lipinski definition) is 1. The van der Waals surface area contributed by atoms with Crippen molar-refractivity contribution in [1.29, 1.82) is 0 Å². The SMILES string of the molecule is CC(C)(C)OC(=O)N1CCC[C@@H](CCS)C1. The number of carbonyl (C=O) groups excluding carboxylic acids is 1. The van der Waals surface area contributed by atoms with Crippen LogP contribution in [0.5, 0.6) is 0 Å². The van der Waals surface area contributed by atoms with Gasteiger partial charge in [-0.3, -0.25) is 0 Å². The smallest absolute Gasteiger partial charge is 0.410 e. The lowest BCUT2D eigenvalue weighted by molar-refractivity contribution is 0.0165. The van der Waals surface area contributed by atoms with Gasteiger partial charge in [0.2, 0.25) is 0 Å². The molecule has 1 aliphatic rings. The maximum Gasteiger partial charge on any atom is 0.410 e. The van der Waals surface area contributed by atoms with Gasteiger partial charge in [0.15, 0.2) is 0 Å². The Hall–Kier alpha value is -0.380. The lowest BCUT2D eigenvalue weighted by Crippen LogP contribution is -2.42. The van der Waals surface area contributed by atoms with E-state index in [1.54, 1.807) is 0 Å². The van der Waals surface area contributed by atoms with Crippen molar-refractivity contribution in [2.75, 3.05) is 18.8 Å². The third kappa shape index (κ3) is 4.64. The Balaban J connectivity index is 2.44. The van der Waals surface area contributed by atoms with E-state index in [0.29, 0.717) is 5.92 Å². The van der Waals surface area contributed by atoms with E-state index in [1.165, 1.54) is 6.42 Å². The van der Waals surface area contributed by atoms with Crippen molar-refractivity contribution in [2.45, 2.75) is 45.6 Å². The Kier molecular flexibility index (Phi) is 4.96. The minimum atomic E-state index is -0.395. The molecular weight excluding hydrogens is 222 g/mol. The molecule has 1 rings (SSSR count). The molecule has 0 radical (unpaired) electrons. The van der Waals surface area contributed by atoms with Gasteiger partial charge in [0, 0.05) is 13.1 Å². The summed E-state index contributed by atoms with van der Waals surface area (Å²) in [7, 11) is 0. The minimum Gasteiger partial charge on any atom is -0.444 e. The number of carbonyl (C=O) groups is 1. The van der Waals surface area contributed by atoms with Crippen molar-refractivity contribution in [1.82, 2.24) is 4.90 Å². The minimum absolute atomic E-state index is 0.170. The predicted octanol–water partition coefficient (Wildman–Crippen LogP) is 2.95. The van der Waals surface area contributed by atoms with Crippen LogP contribution in [-0.4, -0.2) is 35.4 Å². The molecule has 0 aromatic heterocycles. The molecule has 1 saturated heterocycles. The summed E-state index contributed by atoms with van der Waals surface area (Å²) in [5.74, 6) is 1.49. The molecule has 4 heteroatoms. The Morgan fingerprint density at radius 2 is 2.19 bits per heavy atom. The van der Waals surface area contributed by atoms with E-state index >= 15 is 0 Å². The van der Waals surface area contributed by atoms with E-state index in [0.717, 1.165) is 31.7 Å². The molecule has 3 nitrogen and oxygen atoms in total. The number of nitrogens with zero attached hydrogens (tertiary/aromatic N) is 1. The first-order valence-electron chi connectivity index (χ1n) is 6.01. The zero-order valence-electron chi connectivity index (χ0n) is 10.5. The molecule has 0 unspecified atom stereocenters. The largest absolute Gasteiger partial charge is 0.444 e. The fourth-order valence-electron chi connectivity index (χ4n) is 1.98. The molecule has 1 fully saturated rings. The number of thiol groups is 1. The number of likely N-dealkylation sites (tertiary alicyclic amines) is 1.